The smallest absolute Gasteiger partial charge is 0.213 e. The predicted octanol–water partition coefficient (Wildman–Crippen LogP) is 2.42. The van der Waals surface area contributed by atoms with Gasteiger partial charge in [-0.15, -0.1) is 24.0 Å². The zero-order chi connectivity index (χ0) is 22.7. The normalized spacial score (nSPS) is 16.4. The summed E-state index contributed by atoms with van der Waals surface area (Å²) in [6, 6.07) is 13.8. The molecule has 0 bridgehead atoms. The Balaban J connectivity index is 0.00000385. The SMILES string of the molecule is CCNC(=NCc1ccnc(OCc2ccccc2)c1)NCC(C)(O)CN1CCOCC1.I. The molecule has 0 spiro atoms. The highest BCUT2D eigenvalue weighted by molar-refractivity contribution is 14.0. The van der Waals surface area contributed by atoms with Gasteiger partial charge in [0.25, 0.3) is 0 Å². The largest absolute Gasteiger partial charge is 0.473 e. The van der Waals surface area contributed by atoms with Crippen LogP contribution >= 0.6 is 24.0 Å². The average molecular weight is 569 g/mol. The third-order valence-corrected chi connectivity index (χ3v) is 5.10. The molecule has 0 aliphatic carbocycles. The Morgan fingerprint density at radius 1 is 1.18 bits per heavy atom. The van der Waals surface area contributed by atoms with Crippen molar-refractivity contribution in [2.24, 2.45) is 4.99 Å². The number of rotatable bonds is 10. The fourth-order valence-electron chi connectivity index (χ4n) is 3.44. The maximum atomic E-state index is 10.8. The van der Waals surface area contributed by atoms with E-state index in [2.05, 4.69) is 25.5 Å². The van der Waals surface area contributed by atoms with Crippen LogP contribution in [0.4, 0.5) is 0 Å². The molecule has 1 atom stereocenters. The van der Waals surface area contributed by atoms with E-state index < -0.39 is 5.60 Å². The van der Waals surface area contributed by atoms with Crippen LogP contribution in [0.25, 0.3) is 0 Å². The van der Waals surface area contributed by atoms with Gasteiger partial charge in [0.15, 0.2) is 5.96 Å². The van der Waals surface area contributed by atoms with Crippen molar-refractivity contribution in [2.45, 2.75) is 32.6 Å². The van der Waals surface area contributed by atoms with Gasteiger partial charge < -0.3 is 25.2 Å². The molecule has 1 aliphatic heterocycles. The summed E-state index contributed by atoms with van der Waals surface area (Å²) in [7, 11) is 0. The van der Waals surface area contributed by atoms with Gasteiger partial charge in [-0.2, -0.15) is 0 Å². The Kier molecular flexibility index (Phi) is 11.9. The predicted molar refractivity (Wildman–Crippen MR) is 141 cm³/mol. The van der Waals surface area contributed by atoms with Crippen molar-refractivity contribution in [3.63, 3.8) is 0 Å². The minimum Gasteiger partial charge on any atom is -0.473 e. The lowest BCUT2D eigenvalue weighted by Gasteiger charge is -2.34. The van der Waals surface area contributed by atoms with E-state index in [1.54, 1.807) is 6.20 Å². The lowest BCUT2D eigenvalue weighted by atomic mass is 10.1. The third-order valence-electron chi connectivity index (χ3n) is 5.10. The van der Waals surface area contributed by atoms with Crippen molar-refractivity contribution in [3.05, 3.63) is 59.8 Å². The van der Waals surface area contributed by atoms with Crippen molar-refractivity contribution in [1.29, 1.82) is 0 Å². The molecule has 1 aromatic carbocycles. The van der Waals surface area contributed by atoms with E-state index in [-0.39, 0.29) is 24.0 Å². The lowest BCUT2D eigenvalue weighted by molar-refractivity contribution is -0.0201. The number of aromatic nitrogens is 1. The monoisotopic (exact) mass is 569 g/mol. The average Bonchev–Trinajstić information content (AvgIpc) is 2.81. The fraction of sp³-hybridized carbons (Fsp3) is 0.500. The number of morpholine rings is 1. The molecule has 2 heterocycles. The van der Waals surface area contributed by atoms with Crippen LogP contribution in [0.2, 0.25) is 0 Å². The number of aliphatic imine (C=N–C) groups is 1. The first-order chi connectivity index (χ1) is 15.5. The highest BCUT2D eigenvalue weighted by Gasteiger charge is 2.25. The second kappa shape index (κ2) is 14.3. The zero-order valence-corrected chi connectivity index (χ0v) is 21.8. The standard InChI is InChI=1S/C24H35N5O3.HI/c1-3-25-23(28-18-24(2,30)19-29-11-13-31-14-12-29)27-16-21-9-10-26-22(15-21)32-17-20-7-5-4-6-8-20;/h4-10,15,30H,3,11-14,16-19H2,1-2H3,(H2,25,27,28);1H. The molecule has 1 aromatic heterocycles. The van der Waals surface area contributed by atoms with E-state index in [9.17, 15) is 5.11 Å². The molecule has 0 radical (unpaired) electrons. The molecule has 0 amide bonds. The summed E-state index contributed by atoms with van der Waals surface area (Å²) in [5, 5.41) is 17.3. The quantitative estimate of drug-likeness (QED) is 0.230. The Morgan fingerprint density at radius 2 is 1.94 bits per heavy atom. The van der Waals surface area contributed by atoms with Crippen LogP contribution in [-0.4, -0.2) is 72.5 Å². The van der Waals surface area contributed by atoms with Crippen LogP contribution in [0.5, 0.6) is 5.88 Å². The summed E-state index contributed by atoms with van der Waals surface area (Å²) >= 11 is 0. The summed E-state index contributed by atoms with van der Waals surface area (Å²) in [6.07, 6.45) is 1.73. The number of benzene rings is 1. The molecule has 9 heteroatoms. The fourth-order valence-corrected chi connectivity index (χ4v) is 3.44. The first-order valence-corrected chi connectivity index (χ1v) is 11.2. The molecule has 3 rings (SSSR count). The number of nitrogens with one attached hydrogen (secondary N) is 2. The first kappa shape index (κ1) is 27.3. The lowest BCUT2D eigenvalue weighted by Crippen LogP contribution is -2.52. The molecular weight excluding hydrogens is 533 g/mol. The van der Waals surface area contributed by atoms with Gasteiger partial charge in [0.2, 0.25) is 5.88 Å². The molecule has 33 heavy (non-hydrogen) atoms. The summed E-state index contributed by atoms with van der Waals surface area (Å²) in [4.78, 5) is 11.2. The minimum atomic E-state index is -0.872. The molecule has 3 N–H and O–H groups in total. The Labute approximate surface area is 213 Å². The van der Waals surface area contributed by atoms with Crippen molar-refractivity contribution >= 4 is 29.9 Å². The van der Waals surface area contributed by atoms with E-state index in [0.717, 1.165) is 44.0 Å². The van der Waals surface area contributed by atoms with Gasteiger partial charge >= 0.3 is 0 Å². The van der Waals surface area contributed by atoms with Crippen molar-refractivity contribution < 1.29 is 14.6 Å². The van der Waals surface area contributed by atoms with Crippen LogP contribution in [0.1, 0.15) is 25.0 Å². The number of hydrogen-bond acceptors (Lipinski definition) is 6. The summed E-state index contributed by atoms with van der Waals surface area (Å²) < 4.78 is 11.2. The third kappa shape index (κ3) is 10.2. The second-order valence-electron chi connectivity index (χ2n) is 8.21. The number of β-amino-alcohol motifs (C(OH)–C–C–N with tert-alkyl or cyclic N) is 1. The van der Waals surface area contributed by atoms with E-state index in [1.807, 2.05) is 56.3 Å². The van der Waals surface area contributed by atoms with E-state index in [0.29, 0.717) is 38.1 Å². The van der Waals surface area contributed by atoms with Gasteiger partial charge in [-0.3, -0.25) is 4.90 Å². The second-order valence-corrected chi connectivity index (χ2v) is 8.21. The number of aliphatic hydroxyl groups is 1. The first-order valence-electron chi connectivity index (χ1n) is 11.2. The molecule has 1 aliphatic rings. The van der Waals surface area contributed by atoms with Gasteiger partial charge in [-0.05, 0) is 31.0 Å². The molecule has 1 saturated heterocycles. The van der Waals surface area contributed by atoms with Crippen LogP contribution in [0, 0.1) is 0 Å². The molecule has 2 aromatic rings. The Hall–Kier alpha value is -1.95. The van der Waals surface area contributed by atoms with E-state index in [4.69, 9.17) is 9.47 Å². The number of nitrogens with zero attached hydrogens (tertiary/aromatic N) is 3. The topological polar surface area (TPSA) is 91.2 Å². The van der Waals surface area contributed by atoms with Gasteiger partial charge in [0.05, 0.1) is 25.4 Å². The Bertz CT molecular complexity index is 845. The van der Waals surface area contributed by atoms with Gasteiger partial charge in [0.1, 0.15) is 6.61 Å². The highest BCUT2D eigenvalue weighted by Crippen LogP contribution is 2.13. The van der Waals surface area contributed by atoms with Crippen LogP contribution in [0.3, 0.4) is 0 Å². The molecule has 1 unspecified atom stereocenters. The molecule has 182 valence electrons. The number of hydrogen-bond donors (Lipinski definition) is 3. The summed E-state index contributed by atoms with van der Waals surface area (Å²) in [6.45, 7) is 9.68. The maximum Gasteiger partial charge on any atom is 0.213 e. The number of halogens is 1. The molecular formula is C24H36IN5O3. The van der Waals surface area contributed by atoms with Crippen molar-refractivity contribution in [2.75, 3.05) is 45.9 Å². The van der Waals surface area contributed by atoms with Gasteiger partial charge in [-0.25, -0.2) is 9.98 Å². The van der Waals surface area contributed by atoms with E-state index in [1.165, 1.54) is 0 Å². The maximum absolute atomic E-state index is 10.8. The van der Waals surface area contributed by atoms with Crippen LogP contribution in [-0.2, 0) is 17.9 Å². The van der Waals surface area contributed by atoms with Crippen molar-refractivity contribution in [1.82, 2.24) is 20.5 Å². The Morgan fingerprint density at radius 3 is 2.67 bits per heavy atom. The molecule has 0 saturated carbocycles. The van der Waals surface area contributed by atoms with Crippen molar-refractivity contribution in [3.8, 4) is 5.88 Å². The highest BCUT2D eigenvalue weighted by atomic mass is 127. The molecule has 1 fully saturated rings. The van der Waals surface area contributed by atoms with Gasteiger partial charge in [-0.1, -0.05) is 30.3 Å². The van der Waals surface area contributed by atoms with Crippen LogP contribution in [0.15, 0.2) is 53.7 Å². The van der Waals surface area contributed by atoms with Crippen LogP contribution < -0.4 is 15.4 Å². The number of guanidine groups is 1. The van der Waals surface area contributed by atoms with Gasteiger partial charge in [0, 0.05) is 45.0 Å². The minimum absolute atomic E-state index is 0. The number of pyridine rings is 1. The molecule has 8 nitrogen and oxygen atoms in total. The summed E-state index contributed by atoms with van der Waals surface area (Å²) in [5.41, 5.74) is 1.23. The summed E-state index contributed by atoms with van der Waals surface area (Å²) in [5.74, 6) is 1.24. The zero-order valence-electron chi connectivity index (χ0n) is 19.5. The van der Waals surface area contributed by atoms with E-state index >= 15 is 0 Å². The number of ether oxygens (including phenoxy) is 2.